The van der Waals surface area contributed by atoms with Crippen molar-refractivity contribution in [3.05, 3.63) is 23.0 Å². The van der Waals surface area contributed by atoms with Gasteiger partial charge < -0.3 is 10.1 Å². The van der Waals surface area contributed by atoms with Gasteiger partial charge in [0.1, 0.15) is 0 Å². The quantitative estimate of drug-likeness (QED) is 0.936. The first-order valence-corrected chi connectivity index (χ1v) is 8.33. The average molecular weight is 314 g/mol. The summed E-state index contributed by atoms with van der Waals surface area (Å²) < 4.78 is 7.15. The van der Waals surface area contributed by atoms with Crippen LogP contribution in [0.25, 0.3) is 11.0 Å². The second-order valence-electron chi connectivity index (χ2n) is 6.72. The lowest BCUT2D eigenvalue weighted by Gasteiger charge is -2.11. The molecule has 1 aliphatic carbocycles. The Morgan fingerprint density at radius 1 is 1.43 bits per heavy atom. The first-order chi connectivity index (χ1) is 11.1. The molecule has 0 aromatic carbocycles. The fraction of sp³-hybridized carbons (Fsp3) is 0.588. The number of fused-ring (bicyclic) bond motifs is 1. The molecule has 2 aromatic rings. The number of ether oxygens (including phenoxy) is 1. The van der Waals surface area contributed by atoms with Crippen molar-refractivity contribution in [3.63, 3.8) is 0 Å². The highest BCUT2D eigenvalue weighted by Crippen LogP contribution is 2.40. The van der Waals surface area contributed by atoms with Gasteiger partial charge in [-0.1, -0.05) is 0 Å². The van der Waals surface area contributed by atoms with Crippen molar-refractivity contribution in [2.24, 2.45) is 13.0 Å². The van der Waals surface area contributed by atoms with Crippen LogP contribution in [0.4, 0.5) is 0 Å². The fourth-order valence-corrected chi connectivity index (χ4v) is 3.31. The molecule has 2 fully saturated rings. The molecule has 23 heavy (non-hydrogen) atoms. The molecule has 0 radical (unpaired) electrons. The monoisotopic (exact) mass is 314 g/mol. The molecular weight excluding hydrogens is 292 g/mol. The maximum Gasteiger partial charge on any atom is 0.252 e. The molecule has 1 aliphatic heterocycles. The molecule has 4 rings (SSSR count). The summed E-state index contributed by atoms with van der Waals surface area (Å²) in [6, 6.07) is 1.97. The third kappa shape index (κ3) is 2.72. The number of rotatable bonds is 4. The van der Waals surface area contributed by atoms with E-state index in [9.17, 15) is 4.79 Å². The predicted octanol–water partition coefficient (Wildman–Crippen LogP) is 1.92. The van der Waals surface area contributed by atoms with E-state index in [0.717, 1.165) is 54.9 Å². The first-order valence-electron chi connectivity index (χ1n) is 8.33. The molecule has 1 atom stereocenters. The van der Waals surface area contributed by atoms with Crippen molar-refractivity contribution in [1.29, 1.82) is 0 Å². The molecule has 122 valence electrons. The molecular formula is C17H22N4O2. The predicted molar refractivity (Wildman–Crippen MR) is 86.5 cm³/mol. The van der Waals surface area contributed by atoms with Gasteiger partial charge in [0.2, 0.25) is 0 Å². The highest BCUT2D eigenvalue weighted by atomic mass is 16.5. The van der Waals surface area contributed by atoms with Gasteiger partial charge in [-0.2, -0.15) is 5.10 Å². The molecule has 2 aromatic heterocycles. The van der Waals surface area contributed by atoms with E-state index < -0.39 is 0 Å². The molecule has 1 saturated carbocycles. The molecule has 0 spiro atoms. The maximum atomic E-state index is 12.8. The summed E-state index contributed by atoms with van der Waals surface area (Å²) in [4.78, 5) is 17.5. The number of pyridine rings is 1. The molecule has 1 N–H and O–H groups in total. The van der Waals surface area contributed by atoms with Gasteiger partial charge in [0, 0.05) is 37.7 Å². The van der Waals surface area contributed by atoms with Gasteiger partial charge in [-0.15, -0.1) is 0 Å². The molecule has 0 bridgehead atoms. The summed E-state index contributed by atoms with van der Waals surface area (Å²) >= 11 is 0. The van der Waals surface area contributed by atoms with E-state index in [1.807, 2.05) is 20.0 Å². The first kappa shape index (κ1) is 14.6. The highest BCUT2D eigenvalue weighted by molar-refractivity contribution is 6.06. The van der Waals surface area contributed by atoms with E-state index in [0.29, 0.717) is 23.9 Å². The Kier molecular flexibility index (Phi) is 3.56. The van der Waals surface area contributed by atoms with Gasteiger partial charge in [-0.25, -0.2) is 4.98 Å². The standard InChI is InChI=1S/C17H22N4O2/c1-10-15-13(17(22)18-8-11-5-6-23-9-11)7-14(12-3-4-12)19-16(15)21(2)20-10/h7,11-12H,3-6,8-9H2,1-2H3,(H,18,22)/t11-/m0/s1. The van der Waals surface area contributed by atoms with Crippen LogP contribution in [0.15, 0.2) is 6.07 Å². The summed E-state index contributed by atoms with van der Waals surface area (Å²) in [5.41, 5.74) is 3.39. The zero-order chi connectivity index (χ0) is 16.0. The minimum absolute atomic E-state index is 0.0256. The van der Waals surface area contributed by atoms with E-state index in [1.165, 1.54) is 0 Å². The molecule has 1 saturated heterocycles. The molecule has 0 unspecified atom stereocenters. The van der Waals surface area contributed by atoms with Crippen LogP contribution < -0.4 is 5.32 Å². The van der Waals surface area contributed by atoms with E-state index in [4.69, 9.17) is 9.72 Å². The number of nitrogens with one attached hydrogen (secondary N) is 1. The van der Waals surface area contributed by atoms with Crippen LogP contribution >= 0.6 is 0 Å². The minimum Gasteiger partial charge on any atom is -0.381 e. The van der Waals surface area contributed by atoms with Gasteiger partial charge in [0.15, 0.2) is 5.65 Å². The topological polar surface area (TPSA) is 69.0 Å². The molecule has 2 aliphatic rings. The summed E-state index contributed by atoms with van der Waals surface area (Å²) in [6.45, 7) is 4.14. The lowest BCUT2D eigenvalue weighted by molar-refractivity contribution is 0.0946. The largest absolute Gasteiger partial charge is 0.381 e. The number of amides is 1. The summed E-state index contributed by atoms with van der Waals surface area (Å²) in [5, 5.41) is 8.39. The van der Waals surface area contributed by atoms with Gasteiger partial charge in [-0.3, -0.25) is 9.48 Å². The van der Waals surface area contributed by atoms with E-state index in [2.05, 4.69) is 10.4 Å². The summed E-state index contributed by atoms with van der Waals surface area (Å²) in [6.07, 6.45) is 3.34. The van der Waals surface area contributed by atoms with Crippen LogP contribution in [0.3, 0.4) is 0 Å². The number of hydrogen-bond donors (Lipinski definition) is 1. The number of hydrogen-bond acceptors (Lipinski definition) is 4. The van der Waals surface area contributed by atoms with Crippen molar-refractivity contribution in [2.75, 3.05) is 19.8 Å². The van der Waals surface area contributed by atoms with Crippen molar-refractivity contribution < 1.29 is 9.53 Å². The summed E-state index contributed by atoms with van der Waals surface area (Å²) in [7, 11) is 1.89. The van der Waals surface area contributed by atoms with Crippen LogP contribution in [0.2, 0.25) is 0 Å². The molecule has 6 nitrogen and oxygen atoms in total. The van der Waals surface area contributed by atoms with E-state index >= 15 is 0 Å². The molecule has 1 amide bonds. The zero-order valence-corrected chi connectivity index (χ0v) is 13.6. The van der Waals surface area contributed by atoms with Crippen molar-refractivity contribution in [2.45, 2.75) is 32.1 Å². The Morgan fingerprint density at radius 3 is 2.96 bits per heavy atom. The van der Waals surface area contributed by atoms with Crippen molar-refractivity contribution in [3.8, 4) is 0 Å². The van der Waals surface area contributed by atoms with Crippen LogP contribution in [-0.4, -0.2) is 40.4 Å². The van der Waals surface area contributed by atoms with Gasteiger partial charge in [0.05, 0.1) is 23.3 Å². The average Bonchev–Trinajstić information content (AvgIpc) is 3.19. The highest BCUT2D eigenvalue weighted by Gasteiger charge is 2.28. The number of carbonyl (C=O) groups is 1. The van der Waals surface area contributed by atoms with Gasteiger partial charge >= 0.3 is 0 Å². The number of aromatic nitrogens is 3. The maximum absolute atomic E-state index is 12.8. The lowest BCUT2D eigenvalue weighted by atomic mass is 10.1. The zero-order valence-electron chi connectivity index (χ0n) is 13.6. The Morgan fingerprint density at radius 2 is 2.26 bits per heavy atom. The van der Waals surface area contributed by atoms with E-state index in [1.54, 1.807) is 4.68 Å². The van der Waals surface area contributed by atoms with Crippen molar-refractivity contribution >= 4 is 16.9 Å². The molecule has 6 heteroatoms. The van der Waals surface area contributed by atoms with Gasteiger partial charge in [-0.05, 0) is 32.3 Å². The number of nitrogens with zero attached hydrogens (tertiary/aromatic N) is 3. The fourth-order valence-electron chi connectivity index (χ4n) is 3.31. The van der Waals surface area contributed by atoms with Crippen LogP contribution in [0.5, 0.6) is 0 Å². The van der Waals surface area contributed by atoms with Crippen LogP contribution in [0.1, 0.15) is 46.9 Å². The Balaban J connectivity index is 1.67. The lowest BCUT2D eigenvalue weighted by Crippen LogP contribution is -2.29. The molecule has 3 heterocycles. The number of aryl methyl sites for hydroxylation is 2. The third-order valence-electron chi connectivity index (χ3n) is 4.80. The Hall–Kier alpha value is -1.95. The van der Waals surface area contributed by atoms with E-state index in [-0.39, 0.29) is 5.91 Å². The smallest absolute Gasteiger partial charge is 0.252 e. The van der Waals surface area contributed by atoms with Crippen LogP contribution in [0, 0.1) is 12.8 Å². The second kappa shape index (κ2) is 5.60. The van der Waals surface area contributed by atoms with Gasteiger partial charge in [0.25, 0.3) is 5.91 Å². The normalized spacial score (nSPS) is 21.0. The minimum atomic E-state index is -0.0256. The Labute approximate surface area is 135 Å². The second-order valence-corrected chi connectivity index (χ2v) is 6.72. The SMILES string of the molecule is Cc1nn(C)c2nc(C3CC3)cc(C(=O)NC[C@@H]3CCOC3)c12. The third-order valence-corrected chi connectivity index (χ3v) is 4.80. The Bertz CT molecular complexity index is 758. The summed E-state index contributed by atoms with van der Waals surface area (Å²) in [5.74, 6) is 0.904. The number of carbonyl (C=O) groups excluding carboxylic acids is 1. The van der Waals surface area contributed by atoms with Crippen LogP contribution in [-0.2, 0) is 11.8 Å². The van der Waals surface area contributed by atoms with Crippen molar-refractivity contribution in [1.82, 2.24) is 20.1 Å².